The summed E-state index contributed by atoms with van der Waals surface area (Å²) >= 11 is 0. The van der Waals surface area contributed by atoms with E-state index >= 15 is 0 Å². The Hall–Kier alpha value is -4.71. The number of carbonyl (C=O) groups excluding carboxylic acids is 3. The predicted octanol–water partition coefficient (Wildman–Crippen LogP) is 23.1. The Balaban J connectivity index is 4.59. The first kappa shape index (κ1) is 76.3. The van der Waals surface area contributed by atoms with Crippen molar-refractivity contribution in [3.63, 3.8) is 0 Å². The first-order valence-electron chi connectivity index (χ1n) is 33.3. The van der Waals surface area contributed by atoms with Crippen molar-refractivity contribution in [2.75, 3.05) is 13.2 Å². The van der Waals surface area contributed by atoms with Gasteiger partial charge in [-0.15, -0.1) is 0 Å². The lowest BCUT2D eigenvalue weighted by molar-refractivity contribution is -0.166. The molecule has 0 unspecified atom stereocenters. The average molecular weight is 1120 g/mol. The second kappa shape index (κ2) is 67.8. The molecular weight excluding hydrogens is 997 g/mol. The molecule has 0 amide bonds. The van der Waals surface area contributed by atoms with Gasteiger partial charge in [-0.25, -0.2) is 0 Å². The number of allylic oxidation sites excluding steroid dienone is 24. The Morgan fingerprint density at radius 2 is 0.444 bits per heavy atom. The van der Waals surface area contributed by atoms with E-state index in [-0.39, 0.29) is 50.4 Å². The number of ether oxygens (including phenoxy) is 3. The number of hydrogen-bond donors (Lipinski definition) is 0. The third kappa shape index (κ3) is 66.0. The highest BCUT2D eigenvalue weighted by Crippen LogP contribution is 2.12. The maximum atomic E-state index is 12.9. The van der Waals surface area contributed by atoms with Crippen molar-refractivity contribution in [1.29, 1.82) is 0 Å². The first-order chi connectivity index (χ1) is 40.0. The molecule has 0 atom stereocenters. The van der Waals surface area contributed by atoms with Crippen LogP contribution in [0.4, 0.5) is 0 Å². The normalized spacial score (nSPS) is 12.7. The Morgan fingerprint density at radius 3 is 0.691 bits per heavy atom. The van der Waals surface area contributed by atoms with Gasteiger partial charge < -0.3 is 14.2 Å². The summed E-state index contributed by atoms with van der Waals surface area (Å²) in [5.74, 6) is -1.06. The summed E-state index contributed by atoms with van der Waals surface area (Å²) in [4.78, 5) is 38.4. The molecule has 0 aliphatic rings. The number of hydrogen-bond acceptors (Lipinski definition) is 6. The molecule has 81 heavy (non-hydrogen) atoms. The molecule has 0 spiro atoms. The molecule has 0 aromatic heterocycles. The molecular formula is C75H122O6. The summed E-state index contributed by atoms with van der Waals surface area (Å²) in [6, 6.07) is 0. The van der Waals surface area contributed by atoms with Gasteiger partial charge in [0.1, 0.15) is 13.2 Å². The van der Waals surface area contributed by atoms with Crippen molar-refractivity contribution < 1.29 is 28.6 Å². The van der Waals surface area contributed by atoms with Crippen LogP contribution in [-0.2, 0) is 28.6 Å². The molecule has 0 fully saturated rings. The third-order valence-electron chi connectivity index (χ3n) is 13.7. The third-order valence-corrected chi connectivity index (χ3v) is 13.7. The topological polar surface area (TPSA) is 78.9 Å². The largest absolute Gasteiger partial charge is 0.462 e. The highest BCUT2D eigenvalue weighted by Gasteiger charge is 2.19. The van der Waals surface area contributed by atoms with Gasteiger partial charge >= 0.3 is 17.9 Å². The molecule has 0 radical (unpaired) electrons. The van der Waals surface area contributed by atoms with Gasteiger partial charge in [-0.1, -0.05) is 224 Å². The lowest BCUT2D eigenvalue weighted by Gasteiger charge is -2.18. The molecule has 0 aliphatic carbocycles. The summed E-state index contributed by atoms with van der Waals surface area (Å²) in [7, 11) is 0. The number of rotatable bonds is 59. The minimum absolute atomic E-state index is 0.134. The number of carbonyl (C=O) groups is 3. The summed E-state index contributed by atoms with van der Waals surface area (Å²) in [6.45, 7) is 6.49. The molecule has 0 aromatic rings. The fourth-order valence-corrected chi connectivity index (χ4v) is 8.65. The predicted molar refractivity (Wildman–Crippen MR) is 352 cm³/mol. The lowest BCUT2D eigenvalue weighted by Crippen LogP contribution is -2.30. The van der Waals surface area contributed by atoms with Gasteiger partial charge in [0.05, 0.1) is 0 Å². The van der Waals surface area contributed by atoms with E-state index in [2.05, 4.69) is 167 Å². The maximum absolute atomic E-state index is 12.9. The smallest absolute Gasteiger partial charge is 0.306 e. The van der Waals surface area contributed by atoms with E-state index < -0.39 is 6.10 Å². The van der Waals surface area contributed by atoms with Crippen molar-refractivity contribution in [3.05, 3.63) is 146 Å². The van der Waals surface area contributed by atoms with Gasteiger partial charge in [-0.2, -0.15) is 0 Å². The Kier molecular flexibility index (Phi) is 63.9. The van der Waals surface area contributed by atoms with Gasteiger partial charge in [0.15, 0.2) is 6.10 Å². The number of esters is 3. The standard InChI is InChI=1S/C75H122O6/c1-4-7-10-13-16-19-22-25-28-31-34-37-40-43-46-49-52-55-58-61-64-67-73(76)79-70-72(81-75(78)69-66-63-60-57-54-51-48-45-42-39-36-33-30-27-24-21-18-15-12-9-6-3)71-80-74(77)68-65-62-59-56-53-50-47-44-41-38-35-32-29-26-23-20-17-14-11-8-5-2/h19-24,28-33,37-42,55-60,72H,4-18,25-27,34-36,43-54,61-71H2,1-3H3/b22-19+,23-20+,24-21+,31-28-,32-29-,33-30-,40-37-,41-38-,42-39-,58-55-,59-56-,60-57-. The molecule has 0 rings (SSSR count). The summed E-state index contributed by atoms with van der Waals surface area (Å²) < 4.78 is 16.8. The summed E-state index contributed by atoms with van der Waals surface area (Å²) in [6.07, 6.45) is 97.2. The molecule has 0 saturated carbocycles. The van der Waals surface area contributed by atoms with Crippen LogP contribution in [0.25, 0.3) is 0 Å². The van der Waals surface area contributed by atoms with Crippen molar-refractivity contribution in [3.8, 4) is 0 Å². The SMILES string of the molecule is CCCCCC/C=C/C/C=C\C/C=C\CCCC/C=C\CCCC(=O)OCC(COC(=O)CCC/C=C\CCCC/C=C\C/C=C\C/C=C/CCCCCC)OC(=O)CCC/C=C\CCCC/C=C\C/C=C\C/C=C/CCCCCC. The molecule has 0 N–H and O–H groups in total. The highest BCUT2D eigenvalue weighted by molar-refractivity contribution is 5.71. The molecule has 0 heterocycles. The molecule has 6 nitrogen and oxygen atoms in total. The maximum Gasteiger partial charge on any atom is 0.306 e. The van der Waals surface area contributed by atoms with Crippen LogP contribution in [0, 0.1) is 0 Å². The zero-order valence-electron chi connectivity index (χ0n) is 52.5. The van der Waals surface area contributed by atoms with Crippen LogP contribution in [0.2, 0.25) is 0 Å². The van der Waals surface area contributed by atoms with Crippen LogP contribution in [0.15, 0.2) is 146 Å². The second-order valence-corrected chi connectivity index (χ2v) is 21.6. The fourth-order valence-electron chi connectivity index (χ4n) is 8.65. The second-order valence-electron chi connectivity index (χ2n) is 21.6. The van der Waals surface area contributed by atoms with Crippen LogP contribution < -0.4 is 0 Å². The number of unbranched alkanes of at least 4 members (excludes halogenated alkanes) is 24. The van der Waals surface area contributed by atoms with E-state index in [4.69, 9.17) is 14.2 Å². The molecule has 0 saturated heterocycles. The highest BCUT2D eigenvalue weighted by atomic mass is 16.6. The van der Waals surface area contributed by atoms with Crippen molar-refractivity contribution in [2.24, 2.45) is 0 Å². The molecule has 6 heteroatoms. The van der Waals surface area contributed by atoms with E-state index in [0.29, 0.717) is 19.3 Å². The van der Waals surface area contributed by atoms with Gasteiger partial charge in [0.2, 0.25) is 0 Å². The van der Waals surface area contributed by atoms with E-state index in [1.807, 2.05) is 0 Å². The quantitative estimate of drug-likeness (QED) is 0.0261. The first-order valence-corrected chi connectivity index (χ1v) is 33.3. The molecule has 0 aliphatic heterocycles. The van der Waals surface area contributed by atoms with Crippen LogP contribution in [0.5, 0.6) is 0 Å². The van der Waals surface area contributed by atoms with E-state index in [1.165, 1.54) is 109 Å². The van der Waals surface area contributed by atoms with E-state index in [1.54, 1.807) is 0 Å². The fraction of sp³-hybridized carbons (Fsp3) is 0.640. The van der Waals surface area contributed by atoms with Crippen LogP contribution >= 0.6 is 0 Å². The zero-order chi connectivity index (χ0) is 58.5. The summed E-state index contributed by atoms with van der Waals surface area (Å²) in [5, 5.41) is 0. The Morgan fingerprint density at radius 1 is 0.247 bits per heavy atom. The van der Waals surface area contributed by atoms with Gasteiger partial charge in [0, 0.05) is 19.3 Å². The van der Waals surface area contributed by atoms with Crippen molar-refractivity contribution >= 4 is 17.9 Å². The van der Waals surface area contributed by atoms with Crippen molar-refractivity contribution in [1.82, 2.24) is 0 Å². The van der Waals surface area contributed by atoms with E-state index in [0.717, 1.165) is 122 Å². The lowest BCUT2D eigenvalue weighted by atomic mass is 10.1. The van der Waals surface area contributed by atoms with E-state index in [9.17, 15) is 14.4 Å². The van der Waals surface area contributed by atoms with Gasteiger partial charge in [-0.3, -0.25) is 14.4 Å². The summed E-state index contributed by atoms with van der Waals surface area (Å²) in [5.41, 5.74) is 0. The van der Waals surface area contributed by atoms with Gasteiger partial charge in [0.25, 0.3) is 0 Å². The molecule has 0 aromatic carbocycles. The minimum atomic E-state index is -0.843. The average Bonchev–Trinajstić information content (AvgIpc) is 3.47. The Bertz CT molecular complexity index is 1680. The molecule has 0 bridgehead atoms. The Labute approximate surface area is 499 Å². The molecule has 458 valence electrons. The zero-order valence-corrected chi connectivity index (χ0v) is 52.5. The van der Waals surface area contributed by atoms with Gasteiger partial charge in [-0.05, 0) is 193 Å². The van der Waals surface area contributed by atoms with Crippen LogP contribution in [0.1, 0.15) is 290 Å². The van der Waals surface area contributed by atoms with Crippen LogP contribution in [-0.4, -0.2) is 37.2 Å². The monoisotopic (exact) mass is 1120 g/mol. The minimum Gasteiger partial charge on any atom is -0.462 e. The van der Waals surface area contributed by atoms with Crippen LogP contribution in [0.3, 0.4) is 0 Å². The van der Waals surface area contributed by atoms with Crippen molar-refractivity contribution in [2.45, 2.75) is 297 Å².